The molecule has 30 heavy (non-hydrogen) atoms. The molecule has 0 saturated heterocycles. The minimum Gasteiger partial charge on any atom is -0.494 e. The minimum absolute atomic E-state index is 0.136. The van der Waals surface area contributed by atoms with E-state index in [0.29, 0.717) is 18.8 Å². The molecule has 2 atom stereocenters. The zero-order valence-corrected chi connectivity index (χ0v) is 17.9. The molecule has 3 amide bonds. The normalized spacial score (nSPS) is 15.5. The van der Waals surface area contributed by atoms with Crippen LogP contribution in [0.4, 0.5) is 10.5 Å². The van der Waals surface area contributed by atoms with Crippen molar-refractivity contribution in [3.05, 3.63) is 53.1 Å². The number of hydrogen-bond donors (Lipinski definition) is 3. The van der Waals surface area contributed by atoms with Crippen molar-refractivity contribution >= 4 is 17.6 Å². The van der Waals surface area contributed by atoms with E-state index in [4.69, 9.17) is 9.47 Å². The van der Waals surface area contributed by atoms with E-state index in [1.54, 1.807) is 0 Å². The first-order chi connectivity index (χ1) is 14.4. The molecule has 1 heterocycles. The van der Waals surface area contributed by atoms with Crippen molar-refractivity contribution in [2.24, 2.45) is 0 Å². The fourth-order valence-electron chi connectivity index (χ4n) is 3.51. The van der Waals surface area contributed by atoms with Crippen LogP contribution in [0.5, 0.6) is 11.5 Å². The molecule has 0 bridgehead atoms. The Morgan fingerprint density at radius 1 is 1.27 bits per heavy atom. The summed E-state index contributed by atoms with van der Waals surface area (Å²) >= 11 is 0. The summed E-state index contributed by atoms with van der Waals surface area (Å²) in [6, 6.07) is 10.8. The van der Waals surface area contributed by atoms with Gasteiger partial charge in [0.1, 0.15) is 17.6 Å². The van der Waals surface area contributed by atoms with Crippen molar-refractivity contribution in [1.29, 1.82) is 0 Å². The lowest BCUT2D eigenvalue weighted by Crippen LogP contribution is -2.36. The van der Waals surface area contributed by atoms with Crippen molar-refractivity contribution in [1.82, 2.24) is 10.6 Å². The molecule has 3 rings (SSSR count). The maximum absolute atomic E-state index is 12.5. The number of anilines is 1. The number of carbonyl (C=O) groups excluding carboxylic acids is 2. The first-order valence-corrected chi connectivity index (χ1v) is 10.2. The maximum atomic E-state index is 12.5. The van der Waals surface area contributed by atoms with Crippen LogP contribution in [0.25, 0.3) is 0 Å². The Balaban J connectivity index is 1.62. The molecule has 160 valence electrons. The van der Waals surface area contributed by atoms with Crippen molar-refractivity contribution in [3.8, 4) is 11.5 Å². The highest BCUT2D eigenvalue weighted by molar-refractivity contribution is 5.88. The zero-order valence-electron chi connectivity index (χ0n) is 17.9. The fraction of sp³-hybridized carbons (Fsp3) is 0.391. The van der Waals surface area contributed by atoms with Gasteiger partial charge in [0.2, 0.25) is 5.91 Å². The lowest BCUT2D eigenvalue weighted by molar-refractivity contribution is -0.114. The summed E-state index contributed by atoms with van der Waals surface area (Å²) in [5.74, 6) is 1.49. The van der Waals surface area contributed by atoms with Crippen molar-refractivity contribution in [3.63, 3.8) is 0 Å². The smallest absolute Gasteiger partial charge is 0.315 e. The lowest BCUT2D eigenvalue weighted by Gasteiger charge is -2.17. The molecule has 2 aromatic rings. The first kappa shape index (κ1) is 21.5. The van der Waals surface area contributed by atoms with Gasteiger partial charge in [-0.3, -0.25) is 4.79 Å². The molecule has 1 aliphatic rings. The third-order valence-corrected chi connectivity index (χ3v) is 4.87. The van der Waals surface area contributed by atoms with Crippen LogP contribution in [0.15, 0.2) is 36.4 Å². The van der Waals surface area contributed by atoms with Crippen LogP contribution in [-0.4, -0.2) is 24.6 Å². The van der Waals surface area contributed by atoms with E-state index in [-0.39, 0.29) is 24.1 Å². The van der Waals surface area contributed by atoms with Gasteiger partial charge in [-0.1, -0.05) is 12.1 Å². The summed E-state index contributed by atoms with van der Waals surface area (Å²) in [5.41, 5.74) is 3.60. The van der Waals surface area contributed by atoms with Gasteiger partial charge in [-0.2, -0.15) is 0 Å². The summed E-state index contributed by atoms with van der Waals surface area (Å²) in [6.07, 6.45) is 1.01. The molecule has 7 nitrogen and oxygen atoms in total. The van der Waals surface area contributed by atoms with Gasteiger partial charge in [0.05, 0.1) is 12.6 Å². The maximum Gasteiger partial charge on any atom is 0.315 e. The molecule has 0 aliphatic carbocycles. The van der Waals surface area contributed by atoms with Crippen LogP contribution in [0.3, 0.4) is 0 Å². The Hall–Kier alpha value is -3.22. The van der Waals surface area contributed by atoms with Crippen LogP contribution in [0.1, 0.15) is 50.4 Å². The molecule has 0 spiro atoms. The highest BCUT2D eigenvalue weighted by Gasteiger charge is 2.22. The summed E-state index contributed by atoms with van der Waals surface area (Å²) in [6.45, 7) is 8.20. The van der Waals surface area contributed by atoms with Gasteiger partial charge < -0.3 is 25.4 Å². The first-order valence-electron chi connectivity index (χ1n) is 10.2. The second-order valence-corrected chi connectivity index (χ2v) is 7.49. The van der Waals surface area contributed by atoms with Crippen molar-refractivity contribution < 1.29 is 19.1 Å². The predicted molar refractivity (Wildman–Crippen MR) is 116 cm³/mol. The Morgan fingerprint density at radius 3 is 2.80 bits per heavy atom. The van der Waals surface area contributed by atoms with Crippen LogP contribution < -0.4 is 25.4 Å². The number of amides is 3. The largest absolute Gasteiger partial charge is 0.494 e. The topological polar surface area (TPSA) is 88.7 Å². The summed E-state index contributed by atoms with van der Waals surface area (Å²) < 4.78 is 11.6. The highest BCUT2D eigenvalue weighted by atomic mass is 16.5. The quantitative estimate of drug-likeness (QED) is 0.644. The van der Waals surface area contributed by atoms with Crippen molar-refractivity contribution in [2.45, 2.75) is 52.8 Å². The van der Waals surface area contributed by atoms with E-state index >= 15 is 0 Å². The molecule has 1 aliphatic heterocycles. The Morgan fingerprint density at radius 2 is 2.07 bits per heavy atom. The van der Waals surface area contributed by atoms with E-state index < -0.39 is 0 Å². The Labute approximate surface area is 177 Å². The van der Waals surface area contributed by atoms with Gasteiger partial charge >= 0.3 is 6.03 Å². The Kier molecular flexibility index (Phi) is 6.82. The van der Waals surface area contributed by atoms with E-state index in [0.717, 1.165) is 34.6 Å². The number of nitrogens with one attached hydrogen (secondary N) is 3. The Bertz CT molecular complexity index is 929. The second-order valence-electron chi connectivity index (χ2n) is 7.49. The van der Waals surface area contributed by atoms with Crippen LogP contribution in [-0.2, 0) is 17.8 Å². The molecule has 0 radical (unpaired) electrons. The number of benzene rings is 2. The third kappa shape index (κ3) is 5.43. The summed E-state index contributed by atoms with van der Waals surface area (Å²) in [5, 5.41) is 8.56. The number of ether oxygens (including phenoxy) is 2. The molecule has 7 heteroatoms. The fourth-order valence-corrected chi connectivity index (χ4v) is 3.51. The van der Waals surface area contributed by atoms with Crippen LogP contribution in [0.2, 0.25) is 0 Å². The standard InChI is InChI=1S/C23H29N3O4/c1-5-29-21-11-18-9-14(2)30-22(18)12-19(21)13-24-23(28)25-15(3)17-7-6-8-20(10-17)26-16(4)27/h6-8,10-12,14-15H,5,9,13H2,1-4H3,(H,26,27)(H2,24,25,28)/t14-,15+/m1/s1. The molecule has 0 unspecified atom stereocenters. The summed E-state index contributed by atoms with van der Waals surface area (Å²) in [4.78, 5) is 23.7. The minimum atomic E-state index is -0.287. The number of rotatable bonds is 7. The number of urea groups is 1. The average molecular weight is 412 g/mol. The van der Waals surface area contributed by atoms with Gasteiger partial charge in [-0.15, -0.1) is 0 Å². The zero-order chi connectivity index (χ0) is 21.7. The molecule has 3 N–H and O–H groups in total. The van der Waals surface area contributed by atoms with Crippen LogP contribution in [0, 0.1) is 0 Å². The molecule has 2 aromatic carbocycles. The molecular formula is C23H29N3O4. The van der Waals surface area contributed by atoms with Gasteiger partial charge in [-0.25, -0.2) is 4.79 Å². The van der Waals surface area contributed by atoms with Gasteiger partial charge in [-0.05, 0) is 50.6 Å². The number of hydrogen-bond acceptors (Lipinski definition) is 4. The van der Waals surface area contributed by atoms with Gasteiger partial charge in [0, 0.05) is 36.7 Å². The second kappa shape index (κ2) is 9.52. The van der Waals surface area contributed by atoms with Gasteiger partial charge in [0.15, 0.2) is 0 Å². The predicted octanol–water partition coefficient (Wildman–Crippen LogP) is 3.93. The molecular weight excluding hydrogens is 382 g/mol. The van der Waals surface area contributed by atoms with E-state index in [1.165, 1.54) is 6.92 Å². The molecule has 0 aromatic heterocycles. The molecule has 0 saturated carbocycles. The third-order valence-electron chi connectivity index (χ3n) is 4.87. The monoisotopic (exact) mass is 411 g/mol. The SMILES string of the molecule is CCOc1cc2c(cc1CNC(=O)N[C@@H](C)c1cccc(NC(C)=O)c1)O[C@H](C)C2. The van der Waals surface area contributed by atoms with E-state index in [1.807, 2.05) is 57.2 Å². The van der Waals surface area contributed by atoms with E-state index in [2.05, 4.69) is 16.0 Å². The number of carbonyl (C=O) groups is 2. The van der Waals surface area contributed by atoms with Gasteiger partial charge in [0.25, 0.3) is 0 Å². The number of fused-ring (bicyclic) bond motifs is 1. The van der Waals surface area contributed by atoms with Crippen LogP contribution >= 0.6 is 0 Å². The highest BCUT2D eigenvalue weighted by Crippen LogP contribution is 2.35. The average Bonchev–Trinajstić information content (AvgIpc) is 3.05. The van der Waals surface area contributed by atoms with Crippen molar-refractivity contribution in [2.75, 3.05) is 11.9 Å². The molecule has 0 fully saturated rings. The lowest BCUT2D eigenvalue weighted by atomic mass is 10.1. The van der Waals surface area contributed by atoms with E-state index in [9.17, 15) is 9.59 Å². The summed E-state index contributed by atoms with van der Waals surface area (Å²) in [7, 11) is 0.